The van der Waals surface area contributed by atoms with E-state index in [1.54, 1.807) is 17.0 Å². The third-order valence-corrected chi connectivity index (χ3v) is 5.37. The lowest BCUT2D eigenvalue weighted by atomic mass is 9.92. The van der Waals surface area contributed by atoms with Crippen LogP contribution in [0.15, 0.2) is 24.3 Å². The Morgan fingerprint density at radius 1 is 1.16 bits per heavy atom. The van der Waals surface area contributed by atoms with Crippen molar-refractivity contribution in [3.8, 4) is 0 Å². The summed E-state index contributed by atoms with van der Waals surface area (Å²) in [7, 11) is 1.96. The number of carbonyl (C=O) groups excluding carboxylic acids is 2. The molecule has 0 spiro atoms. The molecule has 1 aromatic carbocycles. The molecule has 0 aliphatic carbocycles. The van der Waals surface area contributed by atoms with Gasteiger partial charge in [-0.1, -0.05) is 0 Å². The summed E-state index contributed by atoms with van der Waals surface area (Å²) in [6, 6.07) is 5.86. The molecule has 136 valence electrons. The molecule has 25 heavy (non-hydrogen) atoms. The van der Waals surface area contributed by atoms with E-state index in [2.05, 4.69) is 5.32 Å². The second-order valence-corrected chi connectivity index (χ2v) is 6.97. The Morgan fingerprint density at radius 3 is 2.48 bits per heavy atom. The van der Waals surface area contributed by atoms with Crippen LogP contribution in [-0.2, 0) is 9.59 Å². The standard InChI is InChI=1S/C19H26FN3O2/c1-21-10-6-14-7-11-22(12-8-14)18(24)17-9-13-23(19(17)25)16-4-2-15(20)3-5-16/h2-5,14,17,21H,6-13H2,1H3. The molecule has 1 N–H and O–H groups in total. The third kappa shape index (κ3) is 4.00. The molecule has 2 fully saturated rings. The van der Waals surface area contributed by atoms with E-state index in [-0.39, 0.29) is 17.6 Å². The zero-order chi connectivity index (χ0) is 17.8. The summed E-state index contributed by atoms with van der Waals surface area (Å²) in [5, 5.41) is 3.17. The quantitative estimate of drug-likeness (QED) is 0.829. The summed E-state index contributed by atoms with van der Waals surface area (Å²) in [5.41, 5.74) is 0.660. The van der Waals surface area contributed by atoms with Crippen molar-refractivity contribution in [3.05, 3.63) is 30.1 Å². The van der Waals surface area contributed by atoms with Crippen molar-refractivity contribution in [3.63, 3.8) is 0 Å². The Kier molecular flexibility index (Phi) is 5.68. The van der Waals surface area contributed by atoms with Gasteiger partial charge in [-0.15, -0.1) is 0 Å². The minimum absolute atomic E-state index is 0.0401. The van der Waals surface area contributed by atoms with Gasteiger partial charge in [0.1, 0.15) is 11.7 Å². The second kappa shape index (κ2) is 7.95. The van der Waals surface area contributed by atoms with Crippen LogP contribution in [0.25, 0.3) is 0 Å². The first-order valence-corrected chi connectivity index (χ1v) is 9.10. The summed E-state index contributed by atoms with van der Waals surface area (Å²) in [4.78, 5) is 28.9. The predicted octanol–water partition coefficient (Wildman–Crippen LogP) is 2.03. The van der Waals surface area contributed by atoms with Crippen LogP contribution in [0.2, 0.25) is 0 Å². The highest BCUT2D eigenvalue weighted by molar-refractivity contribution is 6.09. The Labute approximate surface area is 148 Å². The summed E-state index contributed by atoms with van der Waals surface area (Å²) < 4.78 is 13.1. The first kappa shape index (κ1) is 17.9. The van der Waals surface area contributed by atoms with E-state index >= 15 is 0 Å². The molecule has 0 bridgehead atoms. The second-order valence-electron chi connectivity index (χ2n) is 6.97. The molecule has 0 radical (unpaired) electrons. The van der Waals surface area contributed by atoms with Crippen molar-refractivity contribution in [1.82, 2.24) is 10.2 Å². The van der Waals surface area contributed by atoms with Crippen molar-refractivity contribution in [2.75, 3.05) is 38.1 Å². The van der Waals surface area contributed by atoms with E-state index in [1.165, 1.54) is 12.1 Å². The fraction of sp³-hybridized carbons (Fsp3) is 0.579. The first-order chi connectivity index (χ1) is 12.1. The fourth-order valence-electron chi connectivity index (χ4n) is 3.80. The van der Waals surface area contributed by atoms with E-state index in [4.69, 9.17) is 0 Å². The molecular weight excluding hydrogens is 321 g/mol. The van der Waals surface area contributed by atoms with Gasteiger partial charge in [0.2, 0.25) is 11.8 Å². The smallest absolute Gasteiger partial charge is 0.239 e. The number of amides is 2. The van der Waals surface area contributed by atoms with Crippen molar-refractivity contribution >= 4 is 17.5 Å². The van der Waals surface area contributed by atoms with Gasteiger partial charge in [-0.2, -0.15) is 0 Å². The predicted molar refractivity (Wildman–Crippen MR) is 94.7 cm³/mol. The van der Waals surface area contributed by atoms with Crippen molar-refractivity contribution in [2.24, 2.45) is 11.8 Å². The van der Waals surface area contributed by atoms with Gasteiger partial charge in [0.05, 0.1) is 0 Å². The molecule has 1 atom stereocenters. The normalized spacial score (nSPS) is 21.8. The monoisotopic (exact) mass is 347 g/mol. The molecule has 2 heterocycles. The average Bonchev–Trinajstić information content (AvgIpc) is 3.02. The summed E-state index contributed by atoms with van der Waals surface area (Å²) in [6.07, 6.45) is 3.69. The van der Waals surface area contributed by atoms with E-state index in [0.717, 1.165) is 38.9 Å². The van der Waals surface area contributed by atoms with E-state index in [0.29, 0.717) is 24.6 Å². The molecule has 6 heteroatoms. The maximum atomic E-state index is 13.1. The Bertz CT molecular complexity index is 612. The lowest BCUT2D eigenvalue weighted by molar-refractivity contribution is -0.141. The van der Waals surface area contributed by atoms with Gasteiger partial charge < -0.3 is 15.1 Å². The molecule has 1 unspecified atom stereocenters. The summed E-state index contributed by atoms with van der Waals surface area (Å²) in [5.74, 6) is -0.454. The van der Waals surface area contributed by atoms with Gasteiger partial charge in [-0.25, -0.2) is 4.39 Å². The number of benzene rings is 1. The molecule has 2 amide bonds. The number of likely N-dealkylation sites (tertiary alicyclic amines) is 1. The molecule has 1 aromatic rings. The number of anilines is 1. The van der Waals surface area contributed by atoms with Crippen LogP contribution in [0, 0.1) is 17.7 Å². The third-order valence-electron chi connectivity index (χ3n) is 5.37. The van der Waals surface area contributed by atoms with Crippen LogP contribution in [0.4, 0.5) is 10.1 Å². The van der Waals surface area contributed by atoms with Crippen molar-refractivity contribution < 1.29 is 14.0 Å². The van der Waals surface area contributed by atoms with Gasteiger partial charge in [-0.3, -0.25) is 9.59 Å². The molecular formula is C19H26FN3O2. The van der Waals surface area contributed by atoms with Gasteiger partial charge in [-0.05, 0) is 69.5 Å². The van der Waals surface area contributed by atoms with E-state index in [9.17, 15) is 14.0 Å². The van der Waals surface area contributed by atoms with Crippen molar-refractivity contribution in [1.29, 1.82) is 0 Å². The number of nitrogens with one attached hydrogen (secondary N) is 1. The molecule has 2 aliphatic heterocycles. The highest BCUT2D eigenvalue weighted by Crippen LogP contribution is 2.28. The Hall–Kier alpha value is -1.95. The fourth-order valence-corrected chi connectivity index (χ4v) is 3.80. The molecule has 5 nitrogen and oxygen atoms in total. The Morgan fingerprint density at radius 2 is 1.84 bits per heavy atom. The molecule has 3 rings (SSSR count). The number of rotatable bonds is 5. The minimum Gasteiger partial charge on any atom is -0.342 e. The molecule has 2 aliphatic rings. The minimum atomic E-state index is -0.584. The maximum absolute atomic E-state index is 13.1. The highest BCUT2D eigenvalue weighted by atomic mass is 19.1. The number of nitrogens with zero attached hydrogens (tertiary/aromatic N) is 2. The van der Waals surface area contributed by atoms with Gasteiger partial charge in [0, 0.05) is 25.3 Å². The molecule has 0 aromatic heterocycles. The molecule has 2 saturated heterocycles. The number of hydrogen-bond acceptors (Lipinski definition) is 3. The zero-order valence-electron chi connectivity index (χ0n) is 14.7. The average molecular weight is 347 g/mol. The van der Waals surface area contributed by atoms with Crippen molar-refractivity contribution in [2.45, 2.75) is 25.7 Å². The number of carbonyl (C=O) groups is 2. The van der Waals surface area contributed by atoms with Gasteiger partial charge in [0.15, 0.2) is 0 Å². The van der Waals surface area contributed by atoms with Crippen LogP contribution < -0.4 is 10.2 Å². The topological polar surface area (TPSA) is 52.7 Å². The van der Waals surface area contributed by atoms with Gasteiger partial charge >= 0.3 is 0 Å². The van der Waals surface area contributed by atoms with Crippen LogP contribution in [0.5, 0.6) is 0 Å². The number of hydrogen-bond donors (Lipinski definition) is 1. The zero-order valence-corrected chi connectivity index (χ0v) is 14.7. The van der Waals surface area contributed by atoms with Crippen LogP contribution >= 0.6 is 0 Å². The lowest BCUT2D eigenvalue weighted by Crippen LogP contribution is -2.44. The SMILES string of the molecule is CNCCC1CCN(C(=O)C2CCN(c3ccc(F)cc3)C2=O)CC1. The summed E-state index contributed by atoms with van der Waals surface area (Å²) in [6.45, 7) is 3.01. The lowest BCUT2D eigenvalue weighted by Gasteiger charge is -2.33. The molecule has 0 saturated carbocycles. The van der Waals surface area contributed by atoms with Crippen LogP contribution in [0.1, 0.15) is 25.7 Å². The largest absolute Gasteiger partial charge is 0.342 e. The first-order valence-electron chi connectivity index (χ1n) is 9.10. The van der Waals surface area contributed by atoms with E-state index in [1.807, 2.05) is 11.9 Å². The van der Waals surface area contributed by atoms with Crippen LogP contribution in [-0.4, -0.2) is 49.9 Å². The highest BCUT2D eigenvalue weighted by Gasteiger charge is 2.40. The van der Waals surface area contributed by atoms with E-state index < -0.39 is 5.92 Å². The van der Waals surface area contributed by atoms with Crippen LogP contribution in [0.3, 0.4) is 0 Å². The van der Waals surface area contributed by atoms with Gasteiger partial charge in [0.25, 0.3) is 0 Å². The summed E-state index contributed by atoms with van der Waals surface area (Å²) >= 11 is 0. The number of halogens is 1. The Balaban J connectivity index is 1.57. The maximum Gasteiger partial charge on any atom is 0.239 e. The number of piperidine rings is 1.